The number of halogens is 1. The van der Waals surface area contributed by atoms with Crippen molar-refractivity contribution in [3.8, 4) is 11.3 Å². The molecule has 2 aromatic rings. The van der Waals surface area contributed by atoms with E-state index in [4.69, 9.17) is 4.52 Å². The van der Waals surface area contributed by atoms with Gasteiger partial charge in [0.15, 0.2) is 5.76 Å². The van der Waals surface area contributed by atoms with Gasteiger partial charge < -0.3 is 9.63 Å². The fourth-order valence-electron chi connectivity index (χ4n) is 1.94. The van der Waals surface area contributed by atoms with Gasteiger partial charge in [-0.2, -0.15) is 0 Å². The molecular formula is C15H16FNO3. The Balaban J connectivity index is 2.66. The molecule has 4 nitrogen and oxygen atoms in total. The van der Waals surface area contributed by atoms with Crippen LogP contribution in [0.5, 0.6) is 0 Å². The third-order valence-corrected chi connectivity index (χ3v) is 3.03. The van der Waals surface area contributed by atoms with Gasteiger partial charge in [-0.05, 0) is 18.6 Å². The molecule has 106 valence electrons. The summed E-state index contributed by atoms with van der Waals surface area (Å²) < 4.78 is 18.8. The summed E-state index contributed by atoms with van der Waals surface area (Å²) in [4.78, 5) is 11.5. The van der Waals surface area contributed by atoms with E-state index >= 15 is 0 Å². The van der Waals surface area contributed by atoms with Crippen molar-refractivity contribution in [2.24, 2.45) is 0 Å². The highest BCUT2D eigenvalue weighted by Crippen LogP contribution is 2.33. The molecule has 1 heterocycles. The van der Waals surface area contributed by atoms with Gasteiger partial charge in [-0.3, -0.25) is 0 Å². The first-order valence-electron chi connectivity index (χ1n) is 6.22. The Kier molecular flexibility index (Phi) is 3.38. The summed E-state index contributed by atoms with van der Waals surface area (Å²) >= 11 is 0. The third kappa shape index (κ3) is 2.43. The quantitative estimate of drug-likeness (QED) is 0.907. The summed E-state index contributed by atoms with van der Waals surface area (Å²) in [6, 6.07) is 4.49. The van der Waals surface area contributed by atoms with Gasteiger partial charge >= 0.3 is 5.97 Å². The lowest BCUT2D eigenvalue weighted by Gasteiger charge is -2.14. The highest BCUT2D eigenvalue weighted by Gasteiger charge is 2.31. The highest BCUT2D eigenvalue weighted by atomic mass is 19.1. The number of aromatic nitrogens is 1. The Hall–Kier alpha value is -2.17. The minimum absolute atomic E-state index is 0.0132. The molecule has 2 rings (SSSR count). The number of carbonyl (C=O) groups is 1. The lowest BCUT2D eigenvalue weighted by Crippen LogP contribution is -2.15. The molecule has 0 aliphatic carbocycles. The maximum Gasteiger partial charge on any atom is 0.341 e. The average molecular weight is 277 g/mol. The summed E-state index contributed by atoms with van der Waals surface area (Å²) in [6.45, 7) is 7.14. The lowest BCUT2D eigenvalue weighted by atomic mass is 9.89. The number of nitrogens with zero attached hydrogens (tertiary/aromatic N) is 1. The minimum atomic E-state index is -1.13. The van der Waals surface area contributed by atoms with Crippen LogP contribution in [0.3, 0.4) is 0 Å². The molecule has 5 heteroatoms. The van der Waals surface area contributed by atoms with Gasteiger partial charge in [-0.25, -0.2) is 9.18 Å². The van der Waals surface area contributed by atoms with Gasteiger partial charge in [0.25, 0.3) is 0 Å². The minimum Gasteiger partial charge on any atom is -0.477 e. The molecule has 0 amide bonds. The van der Waals surface area contributed by atoms with Crippen molar-refractivity contribution in [3.05, 3.63) is 40.9 Å². The zero-order valence-electron chi connectivity index (χ0n) is 11.8. The van der Waals surface area contributed by atoms with E-state index in [2.05, 4.69) is 5.16 Å². The second kappa shape index (κ2) is 4.74. The number of carboxylic acids is 1. The van der Waals surface area contributed by atoms with Crippen molar-refractivity contribution in [2.45, 2.75) is 33.1 Å². The number of aryl methyl sites for hydroxylation is 1. The number of rotatable bonds is 2. The van der Waals surface area contributed by atoms with E-state index in [-0.39, 0.29) is 17.0 Å². The van der Waals surface area contributed by atoms with Crippen LogP contribution in [-0.4, -0.2) is 16.2 Å². The molecule has 0 aliphatic heterocycles. The second-order valence-corrected chi connectivity index (χ2v) is 5.75. The fourth-order valence-corrected chi connectivity index (χ4v) is 1.94. The topological polar surface area (TPSA) is 63.3 Å². The van der Waals surface area contributed by atoms with Gasteiger partial charge in [-0.15, -0.1) is 0 Å². The summed E-state index contributed by atoms with van der Waals surface area (Å²) in [6.07, 6.45) is 0. The van der Waals surface area contributed by atoms with E-state index in [0.717, 1.165) is 0 Å². The van der Waals surface area contributed by atoms with E-state index in [1.165, 1.54) is 6.07 Å². The molecule has 1 aromatic carbocycles. The van der Waals surface area contributed by atoms with Crippen molar-refractivity contribution >= 4 is 5.97 Å². The van der Waals surface area contributed by atoms with E-state index in [1.54, 1.807) is 19.1 Å². The zero-order chi connectivity index (χ0) is 15.1. The Bertz CT molecular complexity index is 668. The van der Waals surface area contributed by atoms with Gasteiger partial charge in [0, 0.05) is 11.0 Å². The van der Waals surface area contributed by atoms with E-state index in [1.807, 2.05) is 20.8 Å². The zero-order valence-corrected chi connectivity index (χ0v) is 11.8. The van der Waals surface area contributed by atoms with Gasteiger partial charge in [0.05, 0.1) is 0 Å². The van der Waals surface area contributed by atoms with Crippen molar-refractivity contribution in [1.29, 1.82) is 0 Å². The SMILES string of the molecule is Cc1ccc(-c2noc(C(C)(C)C)c2C(=O)O)cc1F. The smallest absolute Gasteiger partial charge is 0.341 e. The van der Waals surface area contributed by atoms with Crippen LogP contribution in [-0.2, 0) is 5.41 Å². The highest BCUT2D eigenvalue weighted by molar-refractivity contribution is 5.96. The number of hydrogen-bond donors (Lipinski definition) is 1. The van der Waals surface area contributed by atoms with Crippen LogP contribution in [0.2, 0.25) is 0 Å². The van der Waals surface area contributed by atoms with Gasteiger partial charge in [-0.1, -0.05) is 38.1 Å². The van der Waals surface area contributed by atoms with Gasteiger partial charge in [0.2, 0.25) is 0 Å². The summed E-state index contributed by atoms with van der Waals surface area (Å²) in [5.74, 6) is -1.26. The van der Waals surface area contributed by atoms with Crippen LogP contribution in [0.25, 0.3) is 11.3 Å². The van der Waals surface area contributed by atoms with E-state index in [0.29, 0.717) is 11.1 Å². The molecule has 1 N–H and O–H groups in total. The first-order valence-corrected chi connectivity index (χ1v) is 6.22. The summed E-state index contributed by atoms with van der Waals surface area (Å²) in [5.41, 5.74) is 0.527. The molecule has 0 atom stereocenters. The van der Waals surface area contributed by atoms with Crippen molar-refractivity contribution in [2.75, 3.05) is 0 Å². The van der Waals surface area contributed by atoms with Crippen LogP contribution in [0.4, 0.5) is 4.39 Å². The number of aromatic carboxylic acids is 1. The maximum atomic E-state index is 13.6. The molecule has 0 radical (unpaired) electrons. The van der Waals surface area contributed by atoms with E-state index in [9.17, 15) is 14.3 Å². The Labute approximate surface area is 116 Å². The second-order valence-electron chi connectivity index (χ2n) is 5.75. The van der Waals surface area contributed by atoms with Crippen molar-refractivity contribution in [3.63, 3.8) is 0 Å². The molecular weight excluding hydrogens is 261 g/mol. The predicted octanol–water partition coefficient (Wildman–Crippen LogP) is 3.78. The molecule has 0 spiro atoms. The molecule has 0 saturated heterocycles. The third-order valence-electron chi connectivity index (χ3n) is 3.03. The van der Waals surface area contributed by atoms with Crippen molar-refractivity contribution in [1.82, 2.24) is 5.16 Å². The maximum absolute atomic E-state index is 13.6. The average Bonchev–Trinajstić information content (AvgIpc) is 2.77. The number of benzene rings is 1. The first kappa shape index (κ1) is 14.2. The molecule has 0 fully saturated rings. The number of hydrogen-bond acceptors (Lipinski definition) is 3. The fraction of sp³-hybridized carbons (Fsp3) is 0.333. The predicted molar refractivity (Wildman–Crippen MR) is 72.3 cm³/mol. The monoisotopic (exact) mass is 277 g/mol. The summed E-state index contributed by atoms with van der Waals surface area (Å²) in [7, 11) is 0. The van der Waals surface area contributed by atoms with Crippen LogP contribution >= 0.6 is 0 Å². The van der Waals surface area contributed by atoms with Gasteiger partial charge in [0.1, 0.15) is 17.1 Å². The molecule has 0 saturated carbocycles. The van der Waals surface area contributed by atoms with Crippen molar-refractivity contribution < 1.29 is 18.8 Å². The largest absolute Gasteiger partial charge is 0.477 e. The van der Waals surface area contributed by atoms with Crippen LogP contribution in [0.15, 0.2) is 22.7 Å². The lowest BCUT2D eigenvalue weighted by molar-refractivity contribution is 0.0693. The normalized spacial score (nSPS) is 11.7. The van der Waals surface area contributed by atoms with E-state index < -0.39 is 17.2 Å². The van der Waals surface area contributed by atoms with Crippen LogP contribution in [0, 0.1) is 12.7 Å². The molecule has 0 bridgehead atoms. The number of carboxylic acid groups (broad SMARTS) is 1. The Morgan fingerprint density at radius 1 is 1.35 bits per heavy atom. The molecule has 0 aliphatic rings. The Morgan fingerprint density at radius 2 is 2.00 bits per heavy atom. The molecule has 0 unspecified atom stereocenters. The standard InChI is InChI=1S/C15H16FNO3/c1-8-5-6-9(7-10(8)16)12-11(14(18)19)13(20-17-12)15(2,3)4/h5-7H,1-4H3,(H,18,19). The molecule has 1 aromatic heterocycles. The summed E-state index contributed by atoms with van der Waals surface area (Å²) in [5, 5.41) is 13.2. The Morgan fingerprint density at radius 3 is 2.50 bits per heavy atom. The van der Waals surface area contributed by atoms with Crippen LogP contribution in [0.1, 0.15) is 42.5 Å². The molecule has 20 heavy (non-hydrogen) atoms. The van der Waals surface area contributed by atoms with Crippen LogP contribution < -0.4 is 0 Å². The first-order chi connectivity index (χ1) is 9.21.